The summed E-state index contributed by atoms with van der Waals surface area (Å²) in [6.07, 6.45) is 2.22. The number of carbonyl (C=O) groups excluding carboxylic acids is 1. The molecule has 0 spiro atoms. The number of carbonyl (C=O) groups is 1. The van der Waals surface area contributed by atoms with Crippen LogP contribution < -0.4 is 10.2 Å². The second kappa shape index (κ2) is 12.7. The van der Waals surface area contributed by atoms with Gasteiger partial charge >= 0.3 is 0 Å². The van der Waals surface area contributed by atoms with Gasteiger partial charge < -0.3 is 15.0 Å². The highest BCUT2D eigenvalue weighted by atomic mass is 19.1. The number of nitrogens with zero attached hydrogens (tertiary/aromatic N) is 4. The molecule has 1 saturated heterocycles. The van der Waals surface area contributed by atoms with E-state index in [4.69, 9.17) is 14.7 Å². The summed E-state index contributed by atoms with van der Waals surface area (Å²) in [7, 11) is 0. The fourth-order valence-corrected chi connectivity index (χ4v) is 4.35. The van der Waals surface area contributed by atoms with Gasteiger partial charge in [0.2, 0.25) is 5.91 Å². The van der Waals surface area contributed by atoms with Gasteiger partial charge in [-0.15, -0.1) is 0 Å². The number of rotatable bonds is 11. The third-order valence-corrected chi connectivity index (χ3v) is 6.62. The molecular formula is C28H36FN5O2. The van der Waals surface area contributed by atoms with Crippen LogP contribution in [0.15, 0.2) is 48.5 Å². The van der Waals surface area contributed by atoms with E-state index in [1.165, 1.54) is 12.1 Å². The molecule has 1 aromatic heterocycles. The Balaban J connectivity index is 1.61. The molecule has 1 fully saturated rings. The van der Waals surface area contributed by atoms with Crippen molar-refractivity contribution in [1.82, 2.24) is 20.2 Å². The molecule has 192 valence electrons. The molecule has 3 aromatic rings. The monoisotopic (exact) mass is 493 g/mol. The number of para-hydroxylation sites is 1. The van der Waals surface area contributed by atoms with Crippen molar-refractivity contribution in [2.45, 2.75) is 39.2 Å². The molecule has 1 amide bonds. The van der Waals surface area contributed by atoms with Crippen molar-refractivity contribution in [2.24, 2.45) is 0 Å². The lowest BCUT2D eigenvalue weighted by atomic mass is 10.1. The number of aromatic nitrogens is 2. The maximum absolute atomic E-state index is 13.5. The second-order valence-electron chi connectivity index (χ2n) is 9.32. The highest BCUT2D eigenvalue weighted by Gasteiger charge is 2.18. The summed E-state index contributed by atoms with van der Waals surface area (Å²) in [6.45, 7) is 9.80. The van der Waals surface area contributed by atoms with Crippen molar-refractivity contribution in [3.63, 3.8) is 0 Å². The van der Waals surface area contributed by atoms with Crippen LogP contribution in [0.5, 0.6) is 0 Å². The van der Waals surface area contributed by atoms with Gasteiger partial charge in [0.05, 0.1) is 18.7 Å². The Hall–Kier alpha value is -3.10. The first-order valence-electron chi connectivity index (χ1n) is 12.9. The zero-order chi connectivity index (χ0) is 25.3. The first-order chi connectivity index (χ1) is 17.5. The van der Waals surface area contributed by atoms with Gasteiger partial charge in [-0.2, -0.15) is 0 Å². The largest absolute Gasteiger partial charge is 0.379 e. The number of benzene rings is 2. The summed E-state index contributed by atoms with van der Waals surface area (Å²) in [5, 5.41) is 4.01. The lowest BCUT2D eigenvalue weighted by molar-refractivity contribution is -0.121. The molecular weight excluding hydrogens is 457 g/mol. The maximum atomic E-state index is 13.5. The van der Waals surface area contributed by atoms with E-state index >= 15 is 0 Å². The minimum atomic E-state index is -0.295. The van der Waals surface area contributed by atoms with Crippen molar-refractivity contribution < 1.29 is 13.9 Å². The Kier molecular flexibility index (Phi) is 9.19. The SMILES string of the molecule is CC[C@H](C)NC(=O)CCN(CCCN1CCOCC1)c1nc(-c2ccc(F)cc2)nc2ccccc12. The normalized spacial score (nSPS) is 15.1. The summed E-state index contributed by atoms with van der Waals surface area (Å²) >= 11 is 0. The number of fused-ring (bicyclic) bond motifs is 1. The Labute approximate surface area is 212 Å². The van der Waals surface area contributed by atoms with Gasteiger partial charge in [-0.05, 0) is 56.2 Å². The smallest absolute Gasteiger partial charge is 0.221 e. The topological polar surface area (TPSA) is 70.6 Å². The van der Waals surface area contributed by atoms with Crippen LogP contribution in [0.3, 0.4) is 0 Å². The highest BCUT2D eigenvalue weighted by molar-refractivity contribution is 5.91. The summed E-state index contributed by atoms with van der Waals surface area (Å²) in [5.41, 5.74) is 1.58. The first-order valence-corrected chi connectivity index (χ1v) is 12.9. The number of anilines is 1. The summed E-state index contributed by atoms with van der Waals surface area (Å²) in [4.78, 5) is 26.9. The molecule has 0 aliphatic carbocycles. The average Bonchev–Trinajstić information content (AvgIpc) is 2.91. The molecule has 0 bridgehead atoms. The minimum Gasteiger partial charge on any atom is -0.379 e. The van der Waals surface area contributed by atoms with Gasteiger partial charge in [-0.1, -0.05) is 19.1 Å². The third kappa shape index (κ3) is 6.98. The lowest BCUT2D eigenvalue weighted by Gasteiger charge is -2.29. The molecule has 0 radical (unpaired) electrons. The zero-order valence-corrected chi connectivity index (χ0v) is 21.3. The van der Waals surface area contributed by atoms with Crippen LogP contribution in [0.1, 0.15) is 33.1 Å². The standard InChI is InChI=1S/C28H36FN5O2/c1-3-21(2)30-26(35)13-16-34(15-6-14-33-17-19-36-20-18-33)28-24-7-4-5-8-25(24)31-27(32-28)22-9-11-23(29)12-10-22/h4-5,7-12,21H,3,6,13-20H2,1-2H3,(H,30,35)/t21-/m0/s1. The van der Waals surface area contributed by atoms with Gasteiger partial charge in [-0.3, -0.25) is 9.69 Å². The van der Waals surface area contributed by atoms with E-state index in [1.807, 2.05) is 31.2 Å². The van der Waals surface area contributed by atoms with Crippen LogP contribution >= 0.6 is 0 Å². The molecule has 1 N–H and O–H groups in total. The van der Waals surface area contributed by atoms with Gasteiger partial charge in [-0.25, -0.2) is 14.4 Å². The van der Waals surface area contributed by atoms with Gasteiger partial charge in [0.15, 0.2) is 5.82 Å². The number of hydrogen-bond acceptors (Lipinski definition) is 6. The van der Waals surface area contributed by atoms with Gasteiger partial charge in [0.25, 0.3) is 0 Å². The van der Waals surface area contributed by atoms with E-state index in [1.54, 1.807) is 12.1 Å². The number of halogens is 1. The lowest BCUT2D eigenvalue weighted by Crippen LogP contribution is -2.39. The molecule has 1 atom stereocenters. The number of ether oxygens (including phenoxy) is 1. The van der Waals surface area contributed by atoms with Gasteiger partial charge in [0, 0.05) is 56.1 Å². The Morgan fingerprint density at radius 2 is 1.86 bits per heavy atom. The third-order valence-electron chi connectivity index (χ3n) is 6.62. The van der Waals surface area contributed by atoms with Crippen LogP contribution in [-0.2, 0) is 9.53 Å². The molecule has 7 nitrogen and oxygen atoms in total. The van der Waals surface area contributed by atoms with E-state index in [-0.39, 0.29) is 17.8 Å². The number of hydrogen-bond donors (Lipinski definition) is 1. The summed E-state index contributed by atoms with van der Waals surface area (Å²) < 4.78 is 19.0. The molecule has 2 heterocycles. The van der Waals surface area contributed by atoms with Crippen molar-refractivity contribution in [3.05, 3.63) is 54.3 Å². The average molecular weight is 494 g/mol. The number of nitrogens with one attached hydrogen (secondary N) is 1. The van der Waals surface area contributed by atoms with Crippen LogP contribution in [0, 0.1) is 5.82 Å². The molecule has 8 heteroatoms. The fourth-order valence-electron chi connectivity index (χ4n) is 4.35. The van der Waals surface area contributed by atoms with Crippen LogP contribution in [0.2, 0.25) is 0 Å². The quantitative estimate of drug-likeness (QED) is 0.430. The van der Waals surface area contributed by atoms with Crippen molar-refractivity contribution >= 4 is 22.6 Å². The highest BCUT2D eigenvalue weighted by Crippen LogP contribution is 2.28. The van der Waals surface area contributed by atoms with Crippen LogP contribution in [0.4, 0.5) is 10.2 Å². The zero-order valence-electron chi connectivity index (χ0n) is 21.3. The summed E-state index contributed by atoms with van der Waals surface area (Å²) in [6, 6.07) is 14.3. The predicted molar refractivity (Wildman–Crippen MR) is 142 cm³/mol. The summed E-state index contributed by atoms with van der Waals surface area (Å²) in [5.74, 6) is 1.10. The second-order valence-corrected chi connectivity index (χ2v) is 9.32. The van der Waals surface area contributed by atoms with E-state index < -0.39 is 0 Å². The fraction of sp³-hybridized carbons (Fsp3) is 0.464. The van der Waals surface area contributed by atoms with E-state index in [0.29, 0.717) is 18.8 Å². The Morgan fingerprint density at radius 1 is 1.11 bits per heavy atom. The maximum Gasteiger partial charge on any atom is 0.221 e. The molecule has 1 aliphatic heterocycles. The van der Waals surface area contributed by atoms with Crippen molar-refractivity contribution in [2.75, 3.05) is 50.8 Å². The number of amides is 1. The molecule has 0 saturated carbocycles. The van der Waals surface area contributed by atoms with Crippen LogP contribution in [0.25, 0.3) is 22.3 Å². The Bertz CT molecular complexity index is 1130. The molecule has 0 unspecified atom stereocenters. The Morgan fingerprint density at radius 3 is 2.61 bits per heavy atom. The van der Waals surface area contributed by atoms with Gasteiger partial charge in [0.1, 0.15) is 11.6 Å². The molecule has 36 heavy (non-hydrogen) atoms. The molecule has 4 rings (SSSR count). The van der Waals surface area contributed by atoms with Crippen LogP contribution in [-0.4, -0.2) is 72.8 Å². The van der Waals surface area contributed by atoms with E-state index in [0.717, 1.165) is 74.5 Å². The molecule has 2 aromatic carbocycles. The van der Waals surface area contributed by atoms with Crippen molar-refractivity contribution in [1.29, 1.82) is 0 Å². The number of morpholine rings is 1. The van der Waals surface area contributed by atoms with Crippen molar-refractivity contribution in [3.8, 4) is 11.4 Å². The van der Waals surface area contributed by atoms with E-state index in [9.17, 15) is 9.18 Å². The predicted octanol–water partition coefficient (Wildman–Crippen LogP) is 4.27. The first kappa shape index (κ1) is 26.0. The molecule has 1 aliphatic rings. The minimum absolute atomic E-state index is 0.0413. The van der Waals surface area contributed by atoms with E-state index in [2.05, 4.69) is 22.0 Å².